The fourth-order valence-electron chi connectivity index (χ4n) is 1.20. The summed E-state index contributed by atoms with van der Waals surface area (Å²) < 4.78 is 0. The Morgan fingerprint density at radius 3 is 2.79 bits per heavy atom. The van der Waals surface area contributed by atoms with Gasteiger partial charge in [-0.15, -0.1) is 12.6 Å². The lowest BCUT2D eigenvalue weighted by Crippen LogP contribution is -2.04. The van der Waals surface area contributed by atoms with Gasteiger partial charge in [0.2, 0.25) is 0 Å². The van der Waals surface area contributed by atoms with Gasteiger partial charge in [-0.2, -0.15) is 0 Å². The number of Topliss-reactive ketones (excluding diaryl/α,β-unsaturated/α-hetero) is 1. The highest BCUT2D eigenvalue weighted by molar-refractivity contribution is 9.09. The van der Waals surface area contributed by atoms with Gasteiger partial charge in [0.05, 0.1) is 11.4 Å². The summed E-state index contributed by atoms with van der Waals surface area (Å²) in [6, 6.07) is 5.36. The largest absolute Gasteiger partial charge is 0.392 e. The number of rotatable bonds is 3. The van der Waals surface area contributed by atoms with E-state index in [-0.39, 0.29) is 17.2 Å². The van der Waals surface area contributed by atoms with E-state index in [0.29, 0.717) is 0 Å². The fourth-order valence-corrected chi connectivity index (χ4v) is 1.87. The number of alkyl halides is 1. The van der Waals surface area contributed by atoms with Crippen LogP contribution >= 0.6 is 28.6 Å². The second-order valence-corrected chi connectivity index (χ2v) is 4.45. The van der Waals surface area contributed by atoms with E-state index < -0.39 is 0 Å². The highest BCUT2D eigenvalue weighted by atomic mass is 79.9. The van der Waals surface area contributed by atoms with Crippen molar-refractivity contribution < 1.29 is 9.90 Å². The Morgan fingerprint density at radius 2 is 2.29 bits per heavy atom. The van der Waals surface area contributed by atoms with E-state index in [9.17, 15) is 4.79 Å². The van der Waals surface area contributed by atoms with Gasteiger partial charge in [-0.1, -0.05) is 22.0 Å². The Labute approximate surface area is 96.9 Å². The summed E-state index contributed by atoms with van der Waals surface area (Å²) in [6.07, 6.45) is 0. The molecule has 0 bridgehead atoms. The van der Waals surface area contributed by atoms with Crippen LogP contribution in [0.3, 0.4) is 0 Å². The third kappa shape index (κ3) is 2.59. The molecule has 1 unspecified atom stereocenters. The summed E-state index contributed by atoms with van der Waals surface area (Å²) in [4.78, 5) is 11.6. The van der Waals surface area contributed by atoms with Crippen LogP contribution in [0.5, 0.6) is 0 Å². The molecule has 4 heteroatoms. The lowest BCUT2D eigenvalue weighted by molar-refractivity contribution is -0.116. The van der Waals surface area contributed by atoms with Gasteiger partial charge in [-0.05, 0) is 30.2 Å². The molecule has 0 saturated heterocycles. The predicted molar refractivity (Wildman–Crippen MR) is 62.0 cm³/mol. The average molecular weight is 275 g/mol. The molecule has 1 aromatic carbocycles. The summed E-state index contributed by atoms with van der Waals surface area (Å²) in [5.41, 5.74) is 1.53. The third-order valence-electron chi connectivity index (χ3n) is 1.93. The zero-order chi connectivity index (χ0) is 10.7. The predicted octanol–water partition coefficient (Wildman–Crippen LogP) is 2.49. The first kappa shape index (κ1) is 11.8. The molecule has 0 heterocycles. The lowest BCUT2D eigenvalue weighted by Gasteiger charge is -2.11. The molecule has 14 heavy (non-hydrogen) atoms. The minimum Gasteiger partial charge on any atom is -0.392 e. The van der Waals surface area contributed by atoms with Crippen LogP contribution in [0.25, 0.3) is 0 Å². The van der Waals surface area contributed by atoms with Gasteiger partial charge in [0.25, 0.3) is 0 Å². The van der Waals surface area contributed by atoms with Crippen LogP contribution in [0.15, 0.2) is 23.1 Å². The number of ketones is 1. The Bertz CT molecular complexity index is 352. The summed E-state index contributed by atoms with van der Waals surface area (Å²) in [5.74, 6) is 0.0200. The minimum atomic E-state index is -0.349. The molecule has 0 aromatic heterocycles. The smallest absolute Gasteiger partial charge is 0.147 e. The van der Waals surface area contributed by atoms with E-state index in [2.05, 4.69) is 28.6 Å². The van der Waals surface area contributed by atoms with Crippen molar-refractivity contribution in [3.63, 3.8) is 0 Å². The molecule has 0 radical (unpaired) electrons. The quantitative estimate of drug-likeness (QED) is 0.657. The van der Waals surface area contributed by atoms with Gasteiger partial charge in [0.15, 0.2) is 0 Å². The topological polar surface area (TPSA) is 37.3 Å². The summed E-state index contributed by atoms with van der Waals surface area (Å²) in [7, 11) is 0. The number of benzene rings is 1. The molecule has 1 rings (SSSR count). The van der Waals surface area contributed by atoms with Crippen molar-refractivity contribution in [1.29, 1.82) is 0 Å². The molecule has 0 aliphatic carbocycles. The summed E-state index contributed by atoms with van der Waals surface area (Å²) in [6.45, 7) is 1.42. The van der Waals surface area contributed by atoms with Crippen LogP contribution in [0.1, 0.15) is 22.9 Å². The molecule has 0 aliphatic rings. The van der Waals surface area contributed by atoms with Crippen LogP contribution in [0.4, 0.5) is 0 Å². The molecule has 0 spiro atoms. The van der Waals surface area contributed by atoms with E-state index in [0.717, 1.165) is 16.0 Å². The Morgan fingerprint density at radius 1 is 1.64 bits per heavy atom. The van der Waals surface area contributed by atoms with Crippen LogP contribution in [0, 0.1) is 0 Å². The summed E-state index contributed by atoms with van der Waals surface area (Å²) in [5, 5.41) is 9.11. The number of hydrogen-bond acceptors (Lipinski definition) is 3. The molecule has 1 atom stereocenters. The van der Waals surface area contributed by atoms with E-state index in [1.54, 1.807) is 18.2 Å². The molecular weight excluding hydrogens is 264 g/mol. The normalized spacial score (nSPS) is 12.6. The Balaban J connectivity index is 3.13. The highest BCUT2D eigenvalue weighted by Crippen LogP contribution is 2.28. The second-order valence-electron chi connectivity index (χ2n) is 3.01. The van der Waals surface area contributed by atoms with E-state index in [4.69, 9.17) is 5.11 Å². The van der Waals surface area contributed by atoms with Gasteiger partial charge in [-0.3, -0.25) is 4.79 Å². The Hall–Kier alpha value is -0.320. The first-order valence-electron chi connectivity index (χ1n) is 4.13. The summed E-state index contributed by atoms with van der Waals surface area (Å²) >= 11 is 7.45. The first-order valence-corrected chi connectivity index (χ1v) is 5.49. The number of halogens is 1. The van der Waals surface area contributed by atoms with Gasteiger partial charge in [0.1, 0.15) is 5.78 Å². The van der Waals surface area contributed by atoms with E-state index in [1.165, 1.54) is 6.92 Å². The fraction of sp³-hybridized carbons (Fsp3) is 0.300. The van der Waals surface area contributed by atoms with Crippen molar-refractivity contribution in [3.05, 3.63) is 29.3 Å². The van der Waals surface area contributed by atoms with Gasteiger partial charge in [0, 0.05) is 4.90 Å². The first-order chi connectivity index (χ1) is 6.56. The molecule has 0 fully saturated rings. The molecule has 1 N–H and O–H groups in total. The van der Waals surface area contributed by atoms with Crippen LogP contribution < -0.4 is 0 Å². The molecule has 1 aromatic rings. The number of aliphatic hydroxyl groups is 1. The van der Waals surface area contributed by atoms with E-state index >= 15 is 0 Å². The zero-order valence-corrected chi connectivity index (χ0v) is 10.2. The average Bonchev–Trinajstić information content (AvgIpc) is 2.16. The number of thiol groups is 1. The second kappa shape index (κ2) is 4.96. The molecule has 0 amide bonds. The minimum absolute atomic E-state index is 0.0200. The number of hydrogen-bond donors (Lipinski definition) is 2. The van der Waals surface area contributed by atoms with Crippen LogP contribution in [-0.2, 0) is 11.4 Å². The van der Waals surface area contributed by atoms with Crippen molar-refractivity contribution >= 4 is 34.3 Å². The van der Waals surface area contributed by atoms with Crippen molar-refractivity contribution in [2.75, 3.05) is 0 Å². The molecule has 0 saturated carbocycles. The zero-order valence-electron chi connectivity index (χ0n) is 7.70. The Kier molecular flexibility index (Phi) is 4.16. The number of aliphatic hydroxyl groups excluding tert-OH is 1. The number of carbonyl (C=O) groups excluding carboxylic acids is 1. The van der Waals surface area contributed by atoms with Gasteiger partial charge in [-0.25, -0.2) is 0 Å². The maximum atomic E-state index is 11.1. The lowest BCUT2D eigenvalue weighted by atomic mass is 10.0. The molecule has 0 aliphatic heterocycles. The van der Waals surface area contributed by atoms with Gasteiger partial charge >= 0.3 is 0 Å². The molecular formula is C10H11BrO2S. The SMILES string of the molecule is CC(=O)C(Br)c1ccc(S)cc1CO. The highest BCUT2D eigenvalue weighted by Gasteiger charge is 2.15. The van der Waals surface area contributed by atoms with Crippen molar-refractivity contribution in [3.8, 4) is 0 Å². The van der Waals surface area contributed by atoms with Crippen molar-refractivity contribution in [2.24, 2.45) is 0 Å². The van der Waals surface area contributed by atoms with Gasteiger partial charge < -0.3 is 5.11 Å². The standard InChI is InChI=1S/C10H11BrO2S/c1-6(13)10(11)9-3-2-8(14)4-7(9)5-12/h2-4,10,12,14H,5H2,1H3. The molecule has 76 valence electrons. The maximum absolute atomic E-state index is 11.1. The van der Waals surface area contributed by atoms with Crippen LogP contribution in [0.2, 0.25) is 0 Å². The number of carbonyl (C=O) groups is 1. The van der Waals surface area contributed by atoms with Crippen molar-refractivity contribution in [1.82, 2.24) is 0 Å². The monoisotopic (exact) mass is 274 g/mol. The van der Waals surface area contributed by atoms with E-state index in [1.807, 2.05) is 0 Å². The van der Waals surface area contributed by atoms with Crippen molar-refractivity contribution in [2.45, 2.75) is 23.3 Å². The van der Waals surface area contributed by atoms with Crippen LogP contribution in [-0.4, -0.2) is 10.9 Å². The maximum Gasteiger partial charge on any atom is 0.147 e. The molecule has 2 nitrogen and oxygen atoms in total. The third-order valence-corrected chi connectivity index (χ3v) is 3.34.